The van der Waals surface area contributed by atoms with E-state index in [-0.39, 0.29) is 0 Å². The molecule has 0 amide bonds. The normalized spacial score (nSPS) is 26.4. The first-order valence-electron chi connectivity index (χ1n) is 7.11. The van der Waals surface area contributed by atoms with Gasteiger partial charge in [0, 0.05) is 25.2 Å². The number of rotatable bonds is 3. The van der Waals surface area contributed by atoms with Gasteiger partial charge in [-0.05, 0) is 26.3 Å². The summed E-state index contributed by atoms with van der Waals surface area (Å²) in [6, 6.07) is 1.03. The average Bonchev–Trinajstić information content (AvgIpc) is 2.92. The lowest BCUT2D eigenvalue weighted by Crippen LogP contribution is -2.55. The molecular formula is C13H22N6O. The van der Waals surface area contributed by atoms with Gasteiger partial charge in [-0.2, -0.15) is 0 Å². The van der Waals surface area contributed by atoms with Crippen molar-refractivity contribution in [3.63, 3.8) is 0 Å². The van der Waals surface area contributed by atoms with Gasteiger partial charge in [0.15, 0.2) is 11.6 Å². The fourth-order valence-electron chi connectivity index (χ4n) is 3.34. The van der Waals surface area contributed by atoms with Crippen molar-refractivity contribution in [1.29, 1.82) is 0 Å². The highest BCUT2D eigenvalue weighted by Gasteiger charge is 2.36. The molecule has 20 heavy (non-hydrogen) atoms. The molecular weight excluding hydrogens is 256 g/mol. The Kier molecular flexibility index (Phi) is 3.62. The zero-order valence-corrected chi connectivity index (χ0v) is 12.0. The van der Waals surface area contributed by atoms with Crippen LogP contribution in [-0.2, 0) is 0 Å². The number of aromatic nitrogens is 2. The molecule has 0 saturated carbocycles. The van der Waals surface area contributed by atoms with E-state index in [1.54, 1.807) is 7.11 Å². The van der Waals surface area contributed by atoms with Crippen molar-refractivity contribution in [3.05, 3.63) is 6.33 Å². The Balaban J connectivity index is 1.91. The first kappa shape index (κ1) is 13.4. The lowest BCUT2D eigenvalue weighted by molar-refractivity contribution is 0.201. The van der Waals surface area contributed by atoms with E-state index in [4.69, 9.17) is 10.6 Å². The second kappa shape index (κ2) is 5.41. The van der Waals surface area contributed by atoms with Crippen LogP contribution in [0.1, 0.15) is 19.8 Å². The molecule has 2 saturated heterocycles. The topological polar surface area (TPSA) is 79.5 Å². The van der Waals surface area contributed by atoms with Gasteiger partial charge in [-0.3, -0.25) is 4.90 Å². The maximum atomic E-state index is 5.50. The molecule has 2 aliphatic rings. The number of nitrogens with one attached hydrogen (secondary N) is 1. The first-order chi connectivity index (χ1) is 9.74. The van der Waals surface area contributed by atoms with Crippen LogP contribution in [-0.4, -0.2) is 53.7 Å². The van der Waals surface area contributed by atoms with Gasteiger partial charge in [0.05, 0.1) is 7.11 Å². The summed E-state index contributed by atoms with van der Waals surface area (Å²) < 4.78 is 5.46. The predicted octanol–water partition coefficient (Wildman–Crippen LogP) is 0.444. The van der Waals surface area contributed by atoms with Crippen LogP contribution in [0.3, 0.4) is 0 Å². The first-order valence-corrected chi connectivity index (χ1v) is 7.11. The highest BCUT2D eigenvalue weighted by atomic mass is 16.5. The van der Waals surface area contributed by atoms with Crippen molar-refractivity contribution in [2.24, 2.45) is 5.84 Å². The summed E-state index contributed by atoms with van der Waals surface area (Å²) in [4.78, 5) is 13.4. The molecule has 7 nitrogen and oxygen atoms in total. The Morgan fingerprint density at radius 3 is 3.00 bits per heavy atom. The third-order valence-electron chi connectivity index (χ3n) is 4.34. The molecule has 1 aromatic heterocycles. The average molecular weight is 278 g/mol. The van der Waals surface area contributed by atoms with Crippen LogP contribution in [0.25, 0.3) is 0 Å². The third-order valence-corrected chi connectivity index (χ3v) is 4.34. The smallest absolute Gasteiger partial charge is 0.205 e. The number of nitrogens with zero attached hydrogens (tertiary/aromatic N) is 4. The fraction of sp³-hybridized carbons (Fsp3) is 0.692. The predicted molar refractivity (Wildman–Crippen MR) is 77.8 cm³/mol. The van der Waals surface area contributed by atoms with E-state index in [0.717, 1.165) is 18.9 Å². The maximum absolute atomic E-state index is 5.50. The highest BCUT2D eigenvalue weighted by Crippen LogP contribution is 2.35. The number of hydrogen-bond acceptors (Lipinski definition) is 7. The van der Waals surface area contributed by atoms with Crippen molar-refractivity contribution in [3.8, 4) is 5.75 Å². The Bertz CT molecular complexity index is 482. The molecule has 3 N–H and O–H groups in total. The number of hydrazine groups is 1. The van der Waals surface area contributed by atoms with Crippen molar-refractivity contribution in [1.82, 2.24) is 14.9 Å². The third kappa shape index (κ3) is 2.16. The molecule has 0 radical (unpaired) electrons. The number of fused-ring (bicyclic) bond motifs is 1. The van der Waals surface area contributed by atoms with Gasteiger partial charge in [0.1, 0.15) is 6.33 Å². The summed E-state index contributed by atoms with van der Waals surface area (Å²) in [5.74, 6) is 7.47. The Morgan fingerprint density at radius 2 is 2.25 bits per heavy atom. The van der Waals surface area contributed by atoms with E-state index in [2.05, 4.69) is 32.1 Å². The summed E-state index contributed by atoms with van der Waals surface area (Å²) in [7, 11) is 1.62. The molecule has 110 valence electrons. The monoisotopic (exact) mass is 278 g/mol. The number of nitrogen functional groups attached to an aromatic ring is 1. The molecule has 0 aromatic carbocycles. The SMILES string of the molecule is COc1c(NN)ncnc1N1CC2CCCN2CC1C. The zero-order chi connectivity index (χ0) is 14.1. The van der Waals surface area contributed by atoms with E-state index < -0.39 is 0 Å². The van der Waals surface area contributed by atoms with Crippen LogP contribution in [0, 0.1) is 0 Å². The molecule has 2 unspecified atom stereocenters. The van der Waals surface area contributed by atoms with E-state index in [0.29, 0.717) is 23.7 Å². The number of piperazine rings is 1. The standard InChI is InChI=1S/C13H22N6O/c1-9-6-18-5-3-4-10(18)7-19(9)13-11(20-2)12(17-14)15-8-16-13/h8-10H,3-7,14H2,1-2H3,(H,15,16,17). The van der Waals surface area contributed by atoms with E-state index in [9.17, 15) is 0 Å². The Hall–Kier alpha value is -1.60. The number of methoxy groups -OCH3 is 1. The molecule has 1 aromatic rings. The number of hydrogen-bond donors (Lipinski definition) is 2. The minimum atomic E-state index is 0.402. The lowest BCUT2D eigenvalue weighted by Gasteiger charge is -2.43. The van der Waals surface area contributed by atoms with Crippen molar-refractivity contribution >= 4 is 11.6 Å². The molecule has 0 spiro atoms. The van der Waals surface area contributed by atoms with Gasteiger partial charge in [-0.15, -0.1) is 0 Å². The van der Waals surface area contributed by atoms with Gasteiger partial charge in [-0.1, -0.05) is 0 Å². The quantitative estimate of drug-likeness (QED) is 0.613. The molecule has 2 aliphatic heterocycles. The van der Waals surface area contributed by atoms with E-state index in [1.807, 2.05) is 0 Å². The zero-order valence-electron chi connectivity index (χ0n) is 12.0. The summed E-state index contributed by atoms with van der Waals surface area (Å²) in [6.45, 7) is 5.51. The number of anilines is 2. The molecule has 7 heteroatoms. The van der Waals surface area contributed by atoms with E-state index >= 15 is 0 Å². The Labute approximate surface area is 119 Å². The summed E-state index contributed by atoms with van der Waals surface area (Å²) in [5, 5.41) is 0. The van der Waals surface area contributed by atoms with Crippen LogP contribution >= 0.6 is 0 Å². The molecule has 0 bridgehead atoms. The molecule has 2 atom stereocenters. The van der Waals surface area contributed by atoms with Crippen LogP contribution < -0.4 is 20.9 Å². The number of nitrogens with two attached hydrogens (primary N) is 1. The van der Waals surface area contributed by atoms with Gasteiger partial charge >= 0.3 is 0 Å². The van der Waals surface area contributed by atoms with Crippen molar-refractivity contribution < 1.29 is 4.74 Å². The van der Waals surface area contributed by atoms with E-state index in [1.165, 1.54) is 25.7 Å². The lowest BCUT2D eigenvalue weighted by atomic mass is 10.1. The largest absolute Gasteiger partial charge is 0.490 e. The summed E-state index contributed by atoms with van der Waals surface area (Å²) in [6.07, 6.45) is 4.08. The second-order valence-corrected chi connectivity index (χ2v) is 5.52. The van der Waals surface area contributed by atoms with Crippen LogP contribution in [0.15, 0.2) is 6.33 Å². The molecule has 3 rings (SSSR count). The number of ether oxygens (including phenoxy) is 1. The minimum Gasteiger partial charge on any atom is -0.490 e. The highest BCUT2D eigenvalue weighted by molar-refractivity contribution is 5.65. The molecule has 0 aliphatic carbocycles. The van der Waals surface area contributed by atoms with Crippen LogP contribution in [0.2, 0.25) is 0 Å². The maximum Gasteiger partial charge on any atom is 0.205 e. The van der Waals surface area contributed by atoms with Crippen LogP contribution in [0.4, 0.5) is 11.6 Å². The van der Waals surface area contributed by atoms with Gasteiger partial charge in [0.2, 0.25) is 5.75 Å². The second-order valence-electron chi connectivity index (χ2n) is 5.52. The van der Waals surface area contributed by atoms with Gasteiger partial charge in [-0.25, -0.2) is 15.8 Å². The Morgan fingerprint density at radius 1 is 1.40 bits per heavy atom. The van der Waals surface area contributed by atoms with Gasteiger partial charge in [0.25, 0.3) is 0 Å². The van der Waals surface area contributed by atoms with Gasteiger partial charge < -0.3 is 15.1 Å². The summed E-state index contributed by atoms with van der Waals surface area (Å²) in [5.41, 5.74) is 2.57. The van der Waals surface area contributed by atoms with Crippen molar-refractivity contribution in [2.75, 3.05) is 37.1 Å². The minimum absolute atomic E-state index is 0.402. The molecule has 2 fully saturated rings. The van der Waals surface area contributed by atoms with Crippen LogP contribution in [0.5, 0.6) is 5.75 Å². The summed E-state index contributed by atoms with van der Waals surface area (Å²) >= 11 is 0. The van der Waals surface area contributed by atoms with Crippen molar-refractivity contribution in [2.45, 2.75) is 31.8 Å². The molecule has 3 heterocycles. The fourth-order valence-corrected chi connectivity index (χ4v) is 3.34.